The van der Waals surface area contributed by atoms with Gasteiger partial charge in [0.1, 0.15) is 4.66 Å². The van der Waals surface area contributed by atoms with E-state index in [1.165, 1.54) is 0 Å². The molecule has 0 unspecified atom stereocenters. The summed E-state index contributed by atoms with van der Waals surface area (Å²) in [5, 5.41) is 0. The second kappa shape index (κ2) is 6.02. The van der Waals surface area contributed by atoms with Crippen LogP contribution in [0.5, 0.6) is 0 Å². The van der Waals surface area contributed by atoms with Crippen molar-refractivity contribution >= 4 is 37.5 Å². The molecule has 0 bridgehead atoms. The van der Waals surface area contributed by atoms with Gasteiger partial charge in [0, 0.05) is 25.2 Å². The van der Waals surface area contributed by atoms with Crippen LogP contribution in [-0.2, 0) is 21.4 Å². The van der Waals surface area contributed by atoms with Crippen molar-refractivity contribution in [2.24, 2.45) is 0 Å². The highest BCUT2D eigenvalue weighted by Gasteiger charge is 2.21. The highest BCUT2D eigenvalue weighted by molar-refractivity contribution is 9.10. The maximum absolute atomic E-state index is 11.6. The first-order valence-corrected chi connectivity index (χ1v) is 8.72. The van der Waals surface area contributed by atoms with Crippen molar-refractivity contribution in [2.75, 3.05) is 16.1 Å². The number of alkyl halides is 1. The normalized spacial score (nSPS) is 16.1. The SMILES string of the molecule is O=C1CCCN1c1ccc(CNS(=O)(=O)CBr)cc1. The van der Waals surface area contributed by atoms with Gasteiger partial charge in [0.15, 0.2) is 0 Å². The minimum atomic E-state index is -3.25. The molecule has 1 N–H and O–H groups in total. The van der Waals surface area contributed by atoms with Crippen LogP contribution >= 0.6 is 15.9 Å². The number of hydrogen-bond donors (Lipinski definition) is 1. The Kier molecular flexibility index (Phi) is 4.59. The predicted octanol–water partition coefficient (Wildman–Crippen LogP) is 1.59. The summed E-state index contributed by atoms with van der Waals surface area (Å²) >= 11 is 2.91. The summed E-state index contributed by atoms with van der Waals surface area (Å²) in [7, 11) is -3.25. The molecule has 1 amide bonds. The van der Waals surface area contributed by atoms with E-state index in [2.05, 4.69) is 20.7 Å². The number of nitrogens with one attached hydrogen (secondary N) is 1. The van der Waals surface area contributed by atoms with Gasteiger partial charge in [0.05, 0.1) is 0 Å². The highest BCUT2D eigenvalue weighted by atomic mass is 79.9. The smallest absolute Gasteiger partial charge is 0.227 e. The summed E-state index contributed by atoms with van der Waals surface area (Å²) in [6, 6.07) is 7.36. The van der Waals surface area contributed by atoms with Crippen LogP contribution in [0.25, 0.3) is 0 Å². The molecular formula is C12H15BrN2O3S. The second-order valence-corrected chi connectivity index (χ2v) is 7.47. The third kappa shape index (κ3) is 3.77. The molecule has 1 aliphatic heterocycles. The minimum absolute atomic E-state index is 0.111. The number of rotatable bonds is 5. The molecule has 0 aromatic heterocycles. The third-order valence-electron chi connectivity index (χ3n) is 2.96. The number of hydrogen-bond acceptors (Lipinski definition) is 3. The van der Waals surface area contributed by atoms with Gasteiger partial charge in [0.2, 0.25) is 15.9 Å². The molecule has 19 heavy (non-hydrogen) atoms. The lowest BCUT2D eigenvalue weighted by atomic mass is 10.2. The average molecular weight is 347 g/mol. The third-order valence-corrected chi connectivity index (χ3v) is 5.64. The zero-order valence-corrected chi connectivity index (χ0v) is 12.7. The lowest BCUT2D eigenvalue weighted by Gasteiger charge is -2.16. The summed E-state index contributed by atoms with van der Waals surface area (Å²) in [6.45, 7) is 1.01. The largest absolute Gasteiger partial charge is 0.312 e. The van der Waals surface area contributed by atoms with E-state index in [0.29, 0.717) is 6.42 Å². The molecule has 0 spiro atoms. The summed E-state index contributed by atoms with van der Waals surface area (Å²) in [5.74, 6) is 0.146. The summed E-state index contributed by atoms with van der Waals surface area (Å²) in [5.41, 5.74) is 1.73. The first-order chi connectivity index (χ1) is 9.02. The highest BCUT2D eigenvalue weighted by Crippen LogP contribution is 2.21. The lowest BCUT2D eigenvalue weighted by molar-refractivity contribution is -0.117. The molecule has 1 aliphatic rings. The molecule has 104 valence electrons. The van der Waals surface area contributed by atoms with Crippen molar-refractivity contribution in [1.29, 1.82) is 0 Å². The Balaban J connectivity index is 2.01. The maximum Gasteiger partial charge on any atom is 0.227 e. The fourth-order valence-electron chi connectivity index (χ4n) is 1.95. The van der Waals surface area contributed by atoms with Crippen molar-refractivity contribution in [3.05, 3.63) is 29.8 Å². The lowest BCUT2D eigenvalue weighted by Crippen LogP contribution is -2.24. The van der Waals surface area contributed by atoms with Crippen molar-refractivity contribution in [1.82, 2.24) is 4.72 Å². The van der Waals surface area contributed by atoms with E-state index in [1.807, 2.05) is 24.3 Å². The molecule has 1 heterocycles. The van der Waals surface area contributed by atoms with E-state index < -0.39 is 10.0 Å². The number of amides is 1. The van der Waals surface area contributed by atoms with Crippen LogP contribution in [0.3, 0.4) is 0 Å². The van der Waals surface area contributed by atoms with Gasteiger partial charge in [-0.3, -0.25) is 4.79 Å². The Morgan fingerprint density at radius 2 is 1.95 bits per heavy atom. The van der Waals surface area contributed by atoms with E-state index in [-0.39, 0.29) is 17.1 Å². The van der Waals surface area contributed by atoms with E-state index in [0.717, 1.165) is 24.2 Å². The second-order valence-electron chi connectivity index (χ2n) is 4.36. The van der Waals surface area contributed by atoms with Gasteiger partial charge in [-0.1, -0.05) is 28.1 Å². The number of halogens is 1. The van der Waals surface area contributed by atoms with Crippen molar-refractivity contribution in [3.8, 4) is 0 Å². The van der Waals surface area contributed by atoms with Gasteiger partial charge in [-0.2, -0.15) is 0 Å². The van der Waals surface area contributed by atoms with Crippen LogP contribution in [0, 0.1) is 0 Å². The van der Waals surface area contributed by atoms with Gasteiger partial charge < -0.3 is 4.90 Å². The van der Waals surface area contributed by atoms with Crippen LogP contribution < -0.4 is 9.62 Å². The van der Waals surface area contributed by atoms with E-state index in [1.54, 1.807) is 4.90 Å². The number of sulfonamides is 1. The van der Waals surface area contributed by atoms with Crippen LogP contribution in [0.2, 0.25) is 0 Å². The zero-order chi connectivity index (χ0) is 13.9. The fourth-order valence-corrected chi connectivity index (χ4v) is 2.90. The van der Waals surface area contributed by atoms with E-state index in [9.17, 15) is 13.2 Å². The Bertz CT molecular complexity index is 557. The Morgan fingerprint density at radius 3 is 2.47 bits per heavy atom. The first kappa shape index (κ1) is 14.5. The zero-order valence-electron chi connectivity index (χ0n) is 10.3. The van der Waals surface area contributed by atoms with Crippen molar-refractivity contribution in [3.63, 3.8) is 0 Å². The molecule has 7 heteroatoms. The number of anilines is 1. The molecule has 0 radical (unpaired) electrons. The molecular weight excluding hydrogens is 332 g/mol. The number of benzene rings is 1. The molecule has 0 atom stereocenters. The number of nitrogens with zero attached hydrogens (tertiary/aromatic N) is 1. The molecule has 0 aliphatic carbocycles. The minimum Gasteiger partial charge on any atom is -0.312 e. The quantitative estimate of drug-likeness (QED) is 0.823. The standard InChI is InChI=1S/C12H15BrN2O3S/c13-9-19(17,18)14-8-10-3-5-11(6-4-10)15-7-1-2-12(15)16/h3-6,14H,1-2,7-9H2. The summed E-state index contributed by atoms with van der Waals surface area (Å²) in [4.78, 5) is 13.3. The molecule has 2 rings (SSSR count). The Hall–Kier alpha value is -0.920. The Morgan fingerprint density at radius 1 is 1.26 bits per heavy atom. The van der Waals surface area contributed by atoms with Gasteiger partial charge in [-0.25, -0.2) is 13.1 Å². The molecule has 0 saturated carbocycles. The van der Waals surface area contributed by atoms with Crippen molar-refractivity contribution < 1.29 is 13.2 Å². The molecule has 5 nitrogen and oxygen atoms in total. The summed E-state index contributed by atoms with van der Waals surface area (Å²) < 4.78 is 24.9. The molecule has 1 saturated heterocycles. The number of carbonyl (C=O) groups excluding carboxylic acids is 1. The monoisotopic (exact) mass is 346 g/mol. The maximum atomic E-state index is 11.6. The first-order valence-electron chi connectivity index (χ1n) is 5.94. The van der Waals surface area contributed by atoms with Crippen LogP contribution in [-0.4, -0.2) is 25.5 Å². The van der Waals surface area contributed by atoms with Crippen LogP contribution in [0.4, 0.5) is 5.69 Å². The topological polar surface area (TPSA) is 66.5 Å². The van der Waals surface area contributed by atoms with Gasteiger partial charge in [-0.05, 0) is 24.1 Å². The fraction of sp³-hybridized carbons (Fsp3) is 0.417. The van der Waals surface area contributed by atoms with E-state index in [4.69, 9.17) is 0 Å². The molecule has 1 fully saturated rings. The van der Waals surface area contributed by atoms with Crippen LogP contribution in [0.1, 0.15) is 18.4 Å². The van der Waals surface area contributed by atoms with Gasteiger partial charge >= 0.3 is 0 Å². The predicted molar refractivity (Wildman–Crippen MR) is 77.6 cm³/mol. The van der Waals surface area contributed by atoms with Crippen LogP contribution in [0.15, 0.2) is 24.3 Å². The summed E-state index contributed by atoms with van der Waals surface area (Å²) in [6.07, 6.45) is 1.50. The average Bonchev–Trinajstić information content (AvgIpc) is 2.83. The Labute approximate surface area is 121 Å². The van der Waals surface area contributed by atoms with E-state index >= 15 is 0 Å². The van der Waals surface area contributed by atoms with Gasteiger partial charge in [-0.15, -0.1) is 0 Å². The van der Waals surface area contributed by atoms with Crippen molar-refractivity contribution in [2.45, 2.75) is 19.4 Å². The molecule has 1 aromatic carbocycles. The molecule has 1 aromatic rings. The number of carbonyl (C=O) groups is 1. The van der Waals surface area contributed by atoms with Gasteiger partial charge in [0.25, 0.3) is 0 Å².